The van der Waals surface area contributed by atoms with Gasteiger partial charge in [0.05, 0.1) is 32.3 Å². The van der Waals surface area contributed by atoms with Crippen molar-refractivity contribution in [2.24, 2.45) is 5.92 Å². The molecule has 8 nitrogen and oxygen atoms in total. The first-order chi connectivity index (χ1) is 13.4. The highest BCUT2D eigenvalue weighted by Gasteiger charge is 2.29. The van der Waals surface area contributed by atoms with E-state index in [1.54, 1.807) is 18.2 Å². The molecule has 0 aromatic heterocycles. The molecule has 0 spiro atoms. The van der Waals surface area contributed by atoms with Gasteiger partial charge in [0.15, 0.2) is 0 Å². The standard InChI is InChI=1S/C19H28N2O6S/c1-25-19(22)17-13-16(21(28(2,23)24)14-15-3-4-15)5-6-18(17)27-12-9-20-7-10-26-11-8-20/h5-6,13,15H,3-4,7-12,14H2,1-2H3. The summed E-state index contributed by atoms with van der Waals surface area (Å²) in [4.78, 5) is 14.5. The smallest absolute Gasteiger partial charge is 0.341 e. The molecule has 1 aromatic rings. The second-order valence-electron chi connectivity index (χ2n) is 7.21. The zero-order valence-corrected chi connectivity index (χ0v) is 17.2. The maximum atomic E-state index is 12.3. The number of benzene rings is 1. The molecule has 1 aromatic carbocycles. The van der Waals surface area contributed by atoms with Crippen LogP contribution in [-0.4, -0.2) is 78.7 Å². The number of methoxy groups -OCH3 is 1. The van der Waals surface area contributed by atoms with E-state index in [4.69, 9.17) is 14.2 Å². The van der Waals surface area contributed by atoms with E-state index >= 15 is 0 Å². The van der Waals surface area contributed by atoms with Gasteiger partial charge in [0.2, 0.25) is 10.0 Å². The zero-order valence-electron chi connectivity index (χ0n) is 16.4. The van der Waals surface area contributed by atoms with Crippen molar-refractivity contribution >= 4 is 21.7 Å². The molecule has 9 heteroatoms. The fourth-order valence-corrected chi connectivity index (χ4v) is 4.12. The van der Waals surface area contributed by atoms with Gasteiger partial charge in [-0.25, -0.2) is 13.2 Å². The molecule has 1 aliphatic heterocycles. The maximum absolute atomic E-state index is 12.3. The highest BCUT2D eigenvalue weighted by Crippen LogP contribution is 2.34. The normalized spacial score (nSPS) is 17.9. The Morgan fingerprint density at radius 1 is 1.29 bits per heavy atom. The first-order valence-electron chi connectivity index (χ1n) is 9.51. The number of rotatable bonds is 9. The number of sulfonamides is 1. The molecule has 1 heterocycles. The number of morpholine rings is 1. The van der Waals surface area contributed by atoms with Gasteiger partial charge in [-0.05, 0) is 37.0 Å². The zero-order chi connectivity index (χ0) is 20.1. The number of anilines is 1. The molecule has 0 amide bonds. The van der Waals surface area contributed by atoms with Crippen LogP contribution in [0.3, 0.4) is 0 Å². The average molecular weight is 413 g/mol. The van der Waals surface area contributed by atoms with E-state index in [1.165, 1.54) is 17.7 Å². The van der Waals surface area contributed by atoms with Crippen molar-refractivity contribution in [2.45, 2.75) is 12.8 Å². The molecule has 2 aliphatic rings. The number of ether oxygens (including phenoxy) is 3. The van der Waals surface area contributed by atoms with Crippen molar-refractivity contribution in [2.75, 3.05) is 63.7 Å². The Morgan fingerprint density at radius 3 is 2.61 bits per heavy atom. The molecular weight excluding hydrogens is 384 g/mol. The molecule has 0 unspecified atom stereocenters. The van der Waals surface area contributed by atoms with Crippen LogP contribution in [0.4, 0.5) is 5.69 Å². The summed E-state index contributed by atoms with van der Waals surface area (Å²) in [5.74, 6) is 0.215. The summed E-state index contributed by atoms with van der Waals surface area (Å²) in [6.45, 7) is 4.71. The van der Waals surface area contributed by atoms with Gasteiger partial charge in [0.25, 0.3) is 0 Å². The van der Waals surface area contributed by atoms with E-state index in [2.05, 4.69) is 4.90 Å². The van der Waals surface area contributed by atoms with Gasteiger partial charge in [-0.2, -0.15) is 0 Å². The van der Waals surface area contributed by atoms with E-state index in [0.717, 1.165) is 32.5 Å². The molecule has 0 atom stereocenters. The second-order valence-corrected chi connectivity index (χ2v) is 9.12. The van der Waals surface area contributed by atoms with Crippen LogP contribution >= 0.6 is 0 Å². The summed E-state index contributed by atoms with van der Waals surface area (Å²) in [5, 5.41) is 0. The number of nitrogens with zero attached hydrogens (tertiary/aromatic N) is 2. The van der Waals surface area contributed by atoms with Crippen molar-refractivity contribution in [3.8, 4) is 5.75 Å². The first kappa shape index (κ1) is 20.9. The maximum Gasteiger partial charge on any atom is 0.341 e. The van der Waals surface area contributed by atoms with Crippen molar-refractivity contribution in [3.63, 3.8) is 0 Å². The van der Waals surface area contributed by atoms with Gasteiger partial charge in [0.1, 0.15) is 17.9 Å². The number of carbonyl (C=O) groups excluding carboxylic acids is 1. The third-order valence-electron chi connectivity index (χ3n) is 4.95. The third-order valence-corrected chi connectivity index (χ3v) is 6.11. The Labute approximate surface area is 166 Å². The molecule has 1 aliphatic carbocycles. The monoisotopic (exact) mass is 412 g/mol. The van der Waals surface area contributed by atoms with E-state index in [0.29, 0.717) is 43.7 Å². The highest BCUT2D eigenvalue weighted by molar-refractivity contribution is 7.92. The van der Waals surface area contributed by atoms with Gasteiger partial charge in [-0.1, -0.05) is 0 Å². The molecule has 1 saturated heterocycles. The van der Waals surface area contributed by atoms with Gasteiger partial charge >= 0.3 is 5.97 Å². The van der Waals surface area contributed by atoms with Gasteiger partial charge in [0, 0.05) is 26.2 Å². The van der Waals surface area contributed by atoms with Crippen LogP contribution in [0.1, 0.15) is 23.2 Å². The summed E-state index contributed by atoms with van der Waals surface area (Å²) in [6, 6.07) is 4.87. The van der Waals surface area contributed by atoms with Crippen LogP contribution in [-0.2, 0) is 19.5 Å². The lowest BCUT2D eigenvalue weighted by Gasteiger charge is -2.26. The molecule has 28 heavy (non-hydrogen) atoms. The molecule has 0 bridgehead atoms. The van der Waals surface area contributed by atoms with E-state index in [1.807, 2.05) is 0 Å². The van der Waals surface area contributed by atoms with Crippen molar-refractivity contribution in [1.29, 1.82) is 0 Å². The number of esters is 1. The van der Waals surface area contributed by atoms with Crippen LogP contribution in [0.15, 0.2) is 18.2 Å². The van der Waals surface area contributed by atoms with E-state index < -0.39 is 16.0 Å². The largest absolute Gasteiger partial charge is 0.491 e. The quantitative estimate of drug-likeness (QED) is 0.566. The summed E-state index contributed by atoms with van der Waals surface area (Å²) in [5.41, 5.74) is 0.682. The van der Waals surface area contributed by atoms with Crippen LogP contribution < -0.4 is 9.04 Å². The molecule has 156 valence electrons. The minimum Gasteiger partial charge on any atom is -0.491 e. The van der Waals surface area contributed by atoms with Crippen LogP contribution in [0.5, 0.6) is 5.75 Å². The Morgan fingerprint density at radius 2 is 2.00 bits per heavy atom. The number of hydrogen-bond acceptors (Lipinski definition) is 7. The number of hydrogen-bond donors (Lipinski definition) is 0. The minimum absolute atomic E-state index is 0.228. The van der Waals surface area contributed by atoms with Crippen molar-refractivity contribution in [3.05, 3.63) is 23.8 Å². The molecule has 0 radical (unpaired) electrons. The third kappa shape index (κ3) is 5.59. The van der Waals surface area contributed by atoms with E-state index in [-0.39, 0.29) is 5.56 Å². The van der Waals surface area contributed by atoms with Crippen LogP contribution in [0.25, 0.3) is 0 Å². The minimum atomic E-state index is -3.44. The first-order valence-corrected chi connectivity index (χ1v) is 11.4. The summed E-state index contributed by atoms with van der Waals surface area (Å²) in [6.07, 6.45) is 3.23. The van der Waals surface area contributed by atoms with Gasteiger partial charge in [-0.15, -0.1) is 0 Å². The van der Waals surface area contributed by atoms with Gasteiger partial charge < -0.3 is 14.2 Å². The average Bonchev–Trinajstić information content (AvgIpc) is 3.50. The lowest BCUT2D eigenvalue weighted by atomic mass is 10.1. The highest BCUT2D eigenvalue weighted by atomic mass is 32.2. The fourth-order valence-electron chi connectivity index (χ4n) is 3.15. The Balaban J connectivity index is 1.75. The molecule has 2 fully saturated rings. The Bertz CT molecular complexity index is 788. The topological polar surface area (TPSA) is 85.4 Å². The van der Waals surface area contributed by atoms with E-state index in [9.17, 15) is 13.2 Å². The summed E-state index contributed by atoms with van der Waals surface area (Å²) < 4.78 is 41.9. The predicted octanol–water partition coefficient (Wildman–Crippen LogP) is 1.36. The Hall–Kier alpha value is -1.84. The Kier molecular flexibility index (Phi) is 6.79. The molecule has 3 rings (SSSR count). The molecule has 0 N–H and O–H groups in total. The van der Waals surface area contributed by atoms with Crippen LogP contribution in [0.2, 0.25) is 0 Å². The molecule has 1 saturated carbocycles. The lowest BCUT2D eigenvalue weighted by molar-refractivity contribution is 0.0321. The SMILES string of the molecule is COC(=O)c1cc(N(CC2CC2)S(C)(=O)=O)ccc1OCCN1CCOCC1. The van der Waals surface area contributed by atoms with Gasteiger partial charge in [-0.3, -0.25) is 9.21 Å². The predicted molar refractivity (Wildman–Crippen MR) is 105 cm³/mol. The molecular formula is C19H28N2O6S. The fraction of sp³-hybridized carbons (Fsp3) is 0.632. The van der Waals surface area contributed by atoms with Crippen LogP contribution in [0, 0.1) is 5.92 Å². The summed E-state index contributed by atoms with van der Waals surface area (Å²) >= 11 is 0. The van der Waals surface area contributed by atoms with Crippen molar-refractivity contribution < 1.29 is 27.4 Å². The van der Waals surface area contributed by atoms with Crippen molar-refractivity contribution in [1.82, 2.24) is 4.90 Å². The number of carbonyl (C=O) groups is 1. The lowest BCUT2D eigenvalue weighted by Crippen LogP contribution is -2.38. The second kappa shape index (κ2) is 9.11. The summed E-state index contributed by atoms with van der Waals surface area (Å²) in [7, 11) is -2.15.